The van der Waals surface area contributed by atoms with Crippen molar-refractivity contribution in [3.63, 3.8) is 0 Å². The van der Waals surface area contributed by atoms with E-state index < -0.39 is 0 Å². The van der Waals surface area contributed by atoms with Crippen LogP contribution in [0.1, 0.15) is 23.4 Å². The van der Waals surface area contributed by atoms with Crippen molar-refractivity contribution in [3.8, 4) is 11.5 Å². The van der Waals surface area contributed by atoms with Crippen LogP contribution in [0.2, 0.25) is 5.02 Å². The van der Waals surface area contributed by atoms with Crippen LogP contribution in [0.5, 0.6) is 11.5 Å². The summed E-state index contributed by atoms with van der Waals surface area (Å²) >= 11 is 6.46. The Morgan fingerprint density at radius 1 is 1.11 bits per heavy atom. The zero-order valence-corrected chi connectivity index (χ0v) is 20.6. The molecule has 4 aromatic rings. The van der Waals surface area contributed by atoms with Crippen molar-refractivity contribution >= 4 is 34.2 Å². The number of amides is 1. The highest BCUT2D eigenvalue weighted by Gasteiger charge is 2.14. The van der Waals surface area contributed by atoms with Gasteiger partial charge in [-0.25, -0.2) is 4.98 Å². The number of fused-ring (bicyclic) bond motifs is 1. The van der Waals surface area contributed by atoms with Crippen molar-refractivity contribution in [3.05, 3.63) is 82.6 Å². The monoisotopic (exact) mass is 492 g/mol. The quantitative estimate of drug-likeness (QED) is 0.248. The number of aryl methyl sites for hydroxylation is 2. The van der Waals surface area contributed by atoms with E-state index in [4.69, 9.17) is 21.1 Å². The normalized spacial score (nSPS) is 10.9. The number of anilines is 1. The van der Waals surface area contributed by atoms with Gasteiger partial charge in [-0.3, -0.25) is 4.79 Å². The lowest BCUT2D eigenvalue weighted by Crippen LogP contribution is -2.20. The van der Waals surface area contributed by atoms with Gasteiger partial charge in [0.2, 0.25) is 0 Å². The van der Waals surface area contributed by atoms with E-state index in [-0.39, 0.29) is 12.5 Å². The highest BCUT2D eigenvalue weighted by molar-refractivity contribution is 6.32. The minimum absolute atomic E-state index is 0.177. The lowest BCUT2D eigenvalue weighted by molar-refractivity contribution is -0.118. The first kappa shape index (κ1) is 24.6. The summed E-state index contributed by atoms with van der Waals surface area (Å²) in [6.45, 7) is 3.27. The fourth-order valence-electron chi connectivity index (χ4n) is 3.72. The van der Waals surface area contributed by atoms with E-state index in [9.17, 15) is 4.79 Å². The number of hydrogen-bond acceptors (Lipinski definition) is 5. The number of carbonyl (C=O) groups is 1. The van der Waals surface area contributed by atoms with Crippen LogP contribution in [0.3, 0.4) is 0 Å². The molecule has 3 N–H and O–H groups in total. The molecule has 0 aliphatic heterocycles. The number of para-hydroxylation sites is 2. The van der Waals surface area contributed by atoms with E-state index in [2.05, 4.69) is 20.6 Å². The molecule has 182 valence electrons. The lowest BCUT2D eigenvalue weighted by Gasteiger charge is -2.14. The second-order valence-corrected chi connectivity index (χ2v) is 8.70. The number of carbonyl (C=O) groups excluding carboxylic acids is 1. The van der Waals surface area contributed by atoms with Gasteiger partial charge in [-0.05, 0) is 61.9 Å². The van der Waals surface area contributed by atoms with E-state index in [0.29, 0.717) is 28.8 Å². The molecule has 1 aromatic heterocycles. The highest BCUT2D eigenvalue weighted by Crippen LogP contribution is 2.36. The summed E-state index contributed by atoms with van der Waals surface area (Å²) in [5, 5.41) is 6.62. The fourth-order valence-corrected chi connectivity index (χ4v) is 4.01. The Labute approximate surface area is 209 Å². The van der Waals surface area contributed by atoms with Crippen LogP contribution in [-0.2, 0) is 17.8 Å². The second kappa shape index (κ2) is 11.7. The van der Waals surface area contributed by atoms with Crippen molar-refractivity contribution in [2.24, 2.45) is 0 Å². The van der Waals surface area contributed by atoms with Crippen LogP contribution in [0.25, 0.3) is 11.0 Å². The summed E-state index contributed by atoms with van der Waals surface area (Å²) < 4.78 is 11.2. The Morgan fingerprint density at radius 3 is 2.69 bits per heavy atom. The van der Waals surface area contributed by atoms with Crippen LogP contribution in [0.15, 0.2) is 60.7 Å². The number of rotatable bonds is 11. The van der Waals surface area contributed by atoms with E-state index in [0.717, 1.165) is 47.4 Å². The van der Waals surface area contributed by atoms with Crippen LogP contribution in [0, 0.1) is 6.92 Å². The van der Waals surface area contributed by atoms with Gasteiger partial charge in [-0.1, -0.05) is 41.4 Å². The van der Waals surface area contributed by atoms with Gasteiger partial charge >= 0.3 is 0 Å². The highest BCUT2D eigenvalue weighted by atomic mass is 35.5. The van der Waals surface area contributed by atoms with E-state index in [1.807, 2.05) is 67.6 Å². The molecule has 0 bridgehead atoms. The maximum absolute atomic E-state index is 12.3. The molecule has 0 aliphatic carbocycles. The van der Waals surface area contributed by atoms with Gasteiger partial charge in [0.15, 0.2) is 18.1 Å². The number of ether oxygens (including phenoxy) is 2. The maximum Gasteiger partial charge on any atom is 0.262 e. The van der Waals surface area contributed by atoms with Gasteiger partial charge < -0.3 is 25.1 Å². The number of nitrogens with one attached hydrogen (secondary N) is 3. The van der Waals surface area contributed by atoms with Crippen molar-refractivity contribution in [1.29, 1.82) is 0 Å². The average Bonchev–Trinajstić information content (AvgIpc) is 3.27. The van der Waals surface area contributed by atoms with Crippen LogP contribution in [-0.4, -0.2) is 36.1 Å². The standard InChI is InChI=1S/C27H29ClN4O3/c1-18-9-11-20(12-10-18)30-26(33)17-35-27-21(28)14-19(15-24(27)34-2)16-29-13-5-8-25-31-22-6-3-4-7-23(22)32-25/h3-4,6-7,9-12,14-15,29H,5,8,13,16-17H2,1-2H3,(H,30,33)(H,31,32). The Balaban J connectivity index is 1.25. The third-order valence-electron chi connectivity index (χ3n) is 5.51. The third-order valence-corrected chi connectivity index (χ3v) is 5.79. The Kier molecular flexibility index (Phi) is 8.23. The number of halogens is 1. The molecule has 0 radical (unpaired) electrons. The summed E-state index contributed by atoms with van der Waals surface area (Å²) in [7, 11) is 1.55. The summed E-state index contributed by atoms with van der Waals surface area (Å²) in [5.74, 6) is 1.55. The summed E-state index contributed by atoms with van der Waals surface area (Å²) in [6, 6.07) is 19.3. The van der Waals surface area contributed by atoms with E-state index in [1.165, 1.54) is 0 Å². The van der Waals surface area contributed by atoms with Gasteiger partial charge in [0.05, 0.1) is 23.2 Å². The summed E-state index contributed by atoms with van der Waals surface area (Å²) in [6.07, 6.45) is 1.81. The number of benzene rings is 3. The van der Waals surface area contributed by atoms with Crippen molar-refractivity contribution in [1.82, 2.24) is 15.3 Å². The summed E-state index contributed by atoms with van der Waals surface area (Å²) in [4.78, 5) is 20.2. The number of nitrogens with zero attached hydrogens (tertiary/aromatic N) is 1. The van der Waals surface area contributed by atoms with Gasteiger partial charge in [0, 0.05) is 18.7 Å². The third kappa shape index (κ3) is 6.74. The molecule has 0 saturated carbocycles. The minimum atomic E-state index is -0.276. The molecule has 7 nitrogen and oxygen atoms in total. The van der Waals surface area contributed by atoms with Gasteiger partial charge in [0.1, 0.15) is 5.82 Å². The predicted molar refractivity (Wildman–Crippen MR) is 139 cm³/mol. The van der Waals surface area contributed by atoms with Crippen molar-refractivity contribution < 1.29 is 14.3 Å². The number of methoxy groups -OCH3 is 1. The first-order chi connectivity index (χ1) is 17.0. The van der Waals surface area contributed by atoms with Crippen molar-refractivity contribution in [2.75, 3.05) is 25.6 Å². The zero-order valence-electron chi connectivity index (χ0n) is 19.9. The lowest BCUT2D eigenvalue weighted by atomic mass is 10.2. The van der Waals surface area contributed by atoms with Crippen LogP contribution in [0.4, 0.5) is 5.69 Å². The molecular formula is C27H29ClN4O3. The molecule has 4 rings (SSSR count). The smallest absolute Gasteiger partial charge is 0.262 e. The summed E-state index contributed by atoms with van der Waals surface area (Å²) in [5.41, 5.74) is 4.85. The second-order valence-electron chi connectivity index (χ2n) is 8.29. The number of hydrogen-bond donors (Lipinski definition) is 3. The Hall–Kier alpha value is -3.55. The molecule has 0 aliphatic rings. The number of aromatic nitrogens is 2. The molecule has 0 spiro atoms. The molecule has 8 heteroatoms. The number of imidazole rings is 1. The maximum atomic E-state index is 12.3. The zero-order chi connectivity index (χ0) is 24.6. The van der Waals surface area contributed by atoms with E-state index in [1.54, 1.807) is 7.11 Å². The number of aromatic amines is 1. The van der Waals surface area contributed by atoms with Gasteiger partial charge in [-0.2, -0.15) is 0 Å². The molecule has 35 heavy (non-hydrogen) atoms. The fraction of sp³-hybridized carbons (Fsp3) is 0.259. The molecule has 0 unspecified atom stereocenters. The largest absolute Gasteiger partial charge is 0.493 e. The molecule has 0 saturated heterocycles. The average molecular weight is 493 g/mol. The molecule has 0 fully saturated rings. The molecule has 3 aromatic carbocycles. The minimum Gasteiger partial charge on any atom is -0.493 e. The van der Waals surface area contributed by atoms with E-state index >= 15 is 0 Å². The Morgan fingerprint density at radius 2 is 1.91 bits per heavy atom. The topological polar surface area (TPSA) is 88.3 Å². The van der Waals surface area contributed by atoms with Gasteiger partial charge in [0.25, 0.3) is 5.91 Å². The van der Waals surface area contributed by atoms with Crippen LogP contribution >= 0.6 is 11.6 Å². The van der Waals surface area contributed by atoms with Crippen molar-refractivity contribution in [2.45, 2.75) is 26.3 Å². The first-order valence-corrected chi connectivity index (χ1v) is 11.9. The predicted octanol–water partition coefficient (Wildman–Crippen LogP) is 5.27. The molecule has 0 atom stereocenters. The number of H-pyrrole nitrogens is 1. The molecular weight excluding hydrogens is 464 g/mol. The first-order valence-electron chi connectivity index (χ1n) is 11.5. The molecule has 1 amide bonds. The SMILES string of the molecule is COc1cc(CNCCCc2nc3ccccc3[nH]2)cc(Cl)c1OCC(=O)Nc1ccc(C)cc1. The van der Waals surface area contributed by atoms with Gasteiger partial charge in [-0.15, -0.1) is 0 Å². The molecule has 1 heterocycles. The Bertz CT molecular complexity index is 1250. The van der Waals surface area contributed by atoms with Crippen LogP contribution < -0.4 is 20.1 Å².